The first kappa shape index (κ1) is 20.0. The molecule has 0 saturated heterocycles. The van der Waals surface area contributed by atoms with Gasteiger partial charge in [-0.2, -0.15) is 0 Å². The minimum absolute atomic E-state index is 0.0175. The van der Waals surface area contributed by atoms with Gasteiger partial charge < -0.3 is 20.1 Å². The quantitative estimate of drug-likeness (QED) is 0.703. The van der Waals surface area contributed by atoms with Crippen molar-refractivity contribution in [3.05, 3.63) is 23.8 Å². The first-order valence-electron chi connectivity index (χ1n) is 10.7. The van der Waals surface area contributed by atoms with Gasteiger partial charge in [-0.1, -0.05) is 0 Å². The molecule has 4 fully saturated rings. The molecule has 4 aliphatic carbocycles. The van der Waals surface area contributed by atoms with Crippen LogP contribution in [0, 0.1) is 23.2 Å². The summed E-state index contributed by atoms with van der Waals surface area (Å²) < 4.78 is 10.5. The van der Waals surface area contributed by atoms with E-state index in [1.807, 2.05) is 12.1 Å². The maximum absolute atomic E-state index is 12.6. The number of rotatable bonds is 8. The maximum atomic E-state index is 12.6. The van der Waals surface area contributed by atoms with Gasteiger partial charge in [-0.15, -0.1) is 0 Å². The summed E-state index contributed by atoms with van der Waals surface area (Å²) in [5, 5.41) is 5.69. The van der Waals surface area contributed by atoms with Crippen LogP contribution in [0.3, 0.4) is 0 Å². The van der Waals surface area contributed by atoms with Crippen molar-refractivity contribution in [1.82, 2.24) is 10.6 Å². The van der Waals surface area contributed by atoms with E-state index in [0.29, 0.717) is 24.5 Å². The van der Waals surface area contributed by atoms with E-state index in [1.54, 1.807) is 20.3 Å². The zero-order valence-corrected chi connectivity index (χ0v) is 17.5. The van der Waals surface area contributed by atoms with Gasteiger partial charge in [0.1, 0.15) is 11.5 Å². The highest BCUT2D eigenvalue weighted by molar-refractivity contribution is 5.85. The third kappa shape index (κ3) is 4.51. The minimum atomic E-state index is -0.193. The van der Waals surface area contributed by atoms with Gasteiger partial charge in [0.2, 0.25) is 11.8 Å². The molecule has 2 N–H and O–H groups in total. The van der Waals surface area contributed by atoms with Crippen LogP contribution in [0.25, 0.3) is 0 Å². The summed E-state index contributed by atoms with van der Waals surface area (Å²) in [5.41, 5.74) is 1.06. The van der Waals surface area contributed by atoms with Crippen molar-refractivity contribution in [2.75, 3.05) is 20.8 Å². The van der Waals surface area contributed by atoms with E-state index in [0.717, 1.165) is 23.3 Å². The predicted molar refractivity (Wildman–Crippen MR) is 110 cm³/mol. The van der Waals surface area contributed by atoms with Crippen molar-refractivity contribution >= 4 is 11.8 Å². The molecule has 6 nitrogen and oxygen atoms in total. The van der Waals surface area contributed by atoms with Gasteiger partial charge in [0.15, 0.2) is 0 Å². The molecule has 0 radical (unpaired) electrons. The van der Waals surface area contributed by atoms with E-state index in [4.69, 9.17) is 9.47 Å². The van der Waals surface area contributed by atoms with E-state index in [9.17, 15) is 9.59 Å². The summed E-state index contributed by atoms with van der Waals surface area (Å²) in [6.45, 7) is 0.362. The molecule has 4 aliphatic rings. The van der Waals surface area contributed by atoms with Gasteiger partial charge >= 0.3 is 0 Å². The number of amides is 2. The summed E-state index contributed by atoms with van der Waals surface area (Å²) in [7, 11) is 3.19. The lowest BCUT2D eigenvalue weighted by molar-refractivity contribution is -0.131. The molecule has 1 aromatic rings. The Morgan fingerprint density at radius 3 is 2.21 bits per heavy atom. The number of carbonyl (C=O) groups excluding carboxylic acids is 2. The number of hydrogen-bond acceptors (Lipinski definition) is 4. The molecule has 158 valence electrons. The summed E-state index contributed by atoms with van der Waals surface area (Å²) >= 11 is 0. The first-order valence-corrected chi connectivity index (χ1v) is 10.7. The van der Waals surface area contributed by atoms with E-state index < -0.39 is 0 Å². The van der Waals surface area contributed by atoms with Crippen LogP contribution in [0.15, 0.2) is 18.2 Å². The summed E-state index contributed by atoms with van der Waals surface area (Å²) in [6.07, 6.45) is 8.31. The number of ether oxygens (including phenoxy) is 2. The lowest BCUT2D eigenvalue weighted by Gasteiger charge is -2.56. The third-order valence-electron chi connectivity index (χ3n) is 7.12. The molecule has 0 unspecified atom stereocenters. The minimum Gasteiger partial charge on any atom is -0.497 e. The summed E-state index contributed by atoms with van der Waals surface area (Å²) in [6, 6.07) is 5.48. The molecule has 0 spiro atoms. The second-order valence-electron chi connectivity index (χ2n) is 9.33. The average molecular weight is 401 g/mol. The zero-order valence-electron chi connectivity index (χ0n) is 17.5. The van der Waals surface area contributed by atoms with Crippen LogP contribution in [0.2, 0.25) is 0 Å². The van der Waals surface area contributed by atoms with Crippen LogP contribution in [0.5, 0.6) is 11.5 Å². The van der Waals surface area contributed by atoms with Crippen molar-refractivity contribution in [2.45, 2.75) is 51.5 Å². The molecule has 1 aromatic carbocycles. The Bertz CT molecular complexity index is 741. The van der Waals surface area contributed by atoms with Crippen LogP contribution in [-0.2, 0) is 16.1 Å². The van der Waals surface area contributed by atoms with Gasteiger partial charge in [-0.3, -0.25) is 9.59 Å². The topological polar surface area (TPSA) is 76.7 Å². The Morgan fingerprint density at radius 1 is 0.966 bits per heavy atom. The van der Waals surface area contributed by atoms with Crippen LogP contribution in [0.1, 0.15) is 50.5 Å². The van der Waals surface area contributed by atoms with Crippen LogP contribution in [-0.4, -0.2) is 32.6 Å². The van der Waals surface area contributed by atoms with Crippen LogP contribution < -0.4 is 20.1 Å². The monoisotopic (exact) mass is 400 g/mol. The Morgan fingerprint density at radius 2 is 1.62 bits per heavy atom. The second-order valence-corrected chi connectivity index (χ2v) is 9.33. The lowest BCUT2D eigenvalue weighted by atomic mass is 9.49. The van der Waals surface area contributed by atoms with Crippen molar-refractivity contribution in [2.24, 2.45) is 23.2 Å². The number of carbonyl (C=O) groups is 2. The number of benzene rings is 1. The predicted octanol–water partition coefficient (Wildman–Crippen LogP) is 3.04. The van der Waals surface area contributed by atoms with E-state index in [1.165, 1.54) is 38.5 Å². The summed E-state index contributed by atoms with van der Waals surface area (Å²) in [4.78, 5) is 24.8. The maximum Gasteiger partial charge on any atom is 0.239 e. The van der Waals surface area contributed by atoms with E-state index in [-0.39, 0.29) is 23.8 Å². The van der Waals surface area contributed by atoms with Gasteiger partial charge in [0, 0.05) is 24.6 Å². The SMILES string of the molecule is COc1ccc(CNC(=O)CNC(=O)CC23CC4CC(CC(C4)C2)C3)c(OC)c1. The smallest absolute Gasteiger partial charge is 0.239 e. The van der Waals surface area contributed by atoms with Gasteiger partial charge in [0.05, 0.1) is 20.8 Å². The fourth-order valence-electron chi connectivity index (χ4n) is 6.34. The first-order chi connectivity index (χ1) is 14.0. The molecule has 0 aromatic heterocycles. The number of hydrogen-bond donors (Lipinski definition) is 2. The molecular weight excluding hydrogens is 368 g/mol. The molecule has 0 aliphatic heterocycles. The molecular formula is C23H32N2O4. The molecule has 5 rings (SSSR count). The van der Waals surface area contributed by atoms with Crippen LogP contribution in [0.4, 0.5) is 0 Å². The molecule has 4 saturated carbocycles. The molecule has 0 heterocycles. The second kappa shape index (κ2) is 8.25. The lowest BCUT2D eigenvalue weighted by Crippen LogP contribution is -2.48. The molecule has 0 atom stereocenters. The fraction of sp³-hybridized carbons (Fsp3) is 0.652. The molecule has 6 heteroatoms. The summed E-state index contributed by atoms with van der Waals surface area (Å²) in [5.74, 6) is 3.68. The highest BCUT2D eigenvalue weighted by Gasteiger charge is 2.51. The zero-order chi connectivity index (χ0) is 20.4. The van der Waals surface area contributed by atoms with Crippen LogP contribution >= 0.6 is 0 Å². The van der Waals surface area contributed by atoms with E-state index in [2.05, 4.69) is 10.6 Å². The van der Waals surface area contributed by atoms with Gasteiger partial charge in [-0.05, 0) is 73.8 Å². The highest BCUT2D eigenvalue weighted by atomic mass is 16.5. The molecule has 2 amide bonds. The Kier molecular flexibility index (Phi) is 5.70. The molecule has 29 heavy (non-hydrogen) atoms. The Hall–Kier alpha value is -2.24. The average Bonchev–Trinajstić information content (AvgIpc) is 2.69. The normalized spacial score (nSPS) is 29.4. The van der Waals surface area contributed by atoms with Crippen molar-refractivity contribution in [1.29, 1.82) is 0 Å². The van der Waals surface area contributed by atoms with Crippen molar-refractivity contribution in [3.8, 4) is 11.5 Å². The van der Waals surface area contributed by atoms with Crippen molar-refractivity contribution in [3.63, 3.8) is 0 Å². The Balaban J connectivity index is 1.23. The van der Waals surface area contributed by atoms with Crippen molar-refractivity contribution < 1.29 is 19.1 Å². The fourth-order valence-corrected chi connectivity index (χ4v) is 6.34. The van der Waals surface area contributed by atoms with Gasteiger partial charge in [0.25, 0.3) is 0 Å². The third-order valence-corrected chi connectivity index (χ3v) is 7.12. The number of methoxy groups -OCH3 is 2. The van der Waals surface area contributed by atoms with Gasteiger partial charge in [-0.25, -0.2) is 0 Å². The largest absolute Gasteiger partial charge is 0.497 e. The Labute approximate surface area is 172 Å². The standard InChI is InChI=1S/C23H32N2O4/c1-28-19-4-3-18(20(8-19)29-2)13-24-22(27)14-25-21(26)12-23-9-15-5-16(10-23)7-17(6-15)11-23/h3-4,8,15-17H,5-7,9-14H2,1-2H3,(H,24,27)(H,25,26). The molecule has 4 bridgehead atoms. The van der Waals surface area contributed by atoms with E-state index >= 15 is 0 Å². The number of nitrogens with one attached hydrogen (secondary N) is 2. The highest BCUT2D eigenvalue weighted by Crippen LogP contribution is 2.61.